The Kier molecular flexibility index (Phi) is 6.98. The fourth-order valence-corrected chi connectivity index (χ4v) is 3.78. The molecule has 0 aliphatic carbocycles. The first kappa shape index (κ1) is 21.4. The van der Waals surface area contributed by atoms with Crippen LogP contribution in [0.15, 0.2) is 103 Å². The van der Waals surface area contributed by atoms with Gasteiger partial charge < -0.3 is 9.84 Å². The van der Waals surface area contributed by atoms with Crippen LogP contribution in [0.1, 0.15) is 34.3 Å². The summed E-state index contributed by atoms with van der Waals surface area (Å²) in [6, 6.07) is 33.8. The summed E-state index contributed by atoms with van der Waals surface area (Å²) in [5.74, 6) is 0.806. The third-order valence-corrected chi connectivity index (χ3v) is 5.48. The smallest absolute Gasteiger partial charge is 0.335 e. The first-order chi connectivity index (χ1) is 15.7. The number of para-hydroxylation sites is 1. The number of hydrogen-bond acceptors (Lipinski definition) is 2. The molecule has 0 fully saturated rings. The van der Waals surface area contributed by atoms with Crippen molar-refractivity contribution in [2.75, 3.05) is 0 Å². The second-order valence-electron chi connectivity index (χ2n) is 7.82. The van der Waals surface area contributed by atoms with Crippen molar-refractivity contribution in [1.82, 2.24) is 0 Å². The van der Waals surface area contributed by atoms with Crippen LogP contribution < -0.4 is 4.74 Å². The maximum atomic E-state index is 11.0. The normalized spacial score (nSPS) is 10.6. The van der Waals surface area contributed by atoms with Crippen LogP contribution in [0.3, 0.4) is 0 Å². The van der Waals surface area contributed by atoms with Gasteiger partial charge in [-0.2, -0.15) is 0 Å². The van der Waals surface area contributed by atoms with E-state index in [0.29, 0.717) is 5.56 Å². The van der Waals surface area contributed by atoms with E-state index in [1.807, 2.05) is 60.7 Å². The quantitative estimate of drug-likeness (QED) is 0.286. The van der Waals surface area contributed by atoms with Crippen LogP contribution in [0, 0.1) is 0 Å². The molecular weight excluding hydrogens is 396 g/mol. The zero-order valence-corrected chi connectivity index (χ0v) is 17.9. The monoisotopic (exact) mass is 422 g/mol. The molecule has 0 aliphatic heterocycles. The average molecular weight is 423 g/mol. The van der Waals surface area contributed by atoms with Gasteiger partial charge in [0.2, 0.25) is 0 Å². The van der Waals surface area contributed by atoms with E-state index in [2.05, 4.69) is 30.3 Å². The summed E-state index contributed by atoms with van der Waals surface area (Å²) in [5, 5.41) is 8.99. The van der Waals surface area contributed by atoms with E-state index >= 15 is 0 Å². The lowest BCUT2D eigenvalue weighted by atomic mass is 10.0. The molecule has 0 atom stereocenters. The van der Waals surface area contributed by atoms with Gasteiger partial charge in [-0.05, 0) is 72.7 Å². The average Bonchev–Trinajstić information content (AvgIpc) is 2.83. The zero-order valence-electron chi connectivity index (χ0n) is 17.9. The molecule has 0 radical (unpaired) electrons. The van der Waals surface area contributed by atoms with Crippen LogP contribution in [-0.2, 0) is 12.8 Å². The lowest BCUT2D eigenvalue weighted by Gasteiger charge is -2.12. The van der Waals surface area contributed by atoms with E-state index in [4.69, 9.17) is 9.84 Å². The van der Waals surface area contributed by atoms with E-state index in [1.165, 1.54) is 11.1 Å². The molecule has 1 N–H and O–H groups in total. The predicted octanol–water partition coefficient (Wildman–Crippen LogP) is 7.41. The molecule has 0 unspecified atom stereocenters. The Bertz CT molecular complexity index is 1160. The molecule has 3 heteroatoms. The molecule has 0 spiro atoms. The molecule has 0 aromatic heterocycles. The maximum absolute atomic E-state index is 11.0. The van der Waals surface area contributed by atoms with E-state index < -0.39 is 5.97 Å². The lowest BCUT2D eigenvalue weighted by Crippen LogP contribution is -1.96. The van der Waals surface area contributed by atoms with Crippen molar-refractivity contribution in [2.24, 2.45) is 0 Å². The number of benzene rings is 4. The predicted molar refractivity (Wildman–Crippen MR) is 128 cm³/mol. The maximum Gasteiger partial charge on any atom is 0.335 e. The minimum atomic E-state index is -0.884. The van der Waals surface area contributed by atoms with Crippen molar-refractivity contribution in [1.29, 1.82) is 0 Å². The molecule has 3 nitrogen and oxygen atoms in total. The molecule has 160 valence electrons. The van der Waals surface area contributed by atoms with Gasteiger partial charge in [-0.25, -0.2) is 4.79 Å². The summed E-state index contributed by atoms with van der Waals surface area (Å²) in [5.41, 5.74) is 4.97. The van der Waals surface area contributed by atoms with Crippen molar-refractivity contribution in [3.63, 3.8) is 0 Å². The highest BCUT2D eigenvalue weighted by Gasteiger charge is 2.07. The third-order valence-electron chi connectivity index (χ3n) is 5.48. The summed E-state index contributed by atoms with van der Waals surface area (Å²) in [6.45, 7) is 0. The Balaban J connectivity index is 1.35. The fraction of sp³-hybridized carbons (Fsp3) is 0.138. The molecule has 0 aliphatic rings. The van der Waals surface area contributed by atoms with Gasteiger partial charge in [-0.15, -0.1) is 0 Å². The highest BCUT2D eigenvalue weighted by Crippen LogP contribution is 2.33. The molecular formula is C29H26O3. The van der Waals surface area contributed by atoms with E-state index in [9.17, 15) is 4.79 Å². The number of rotatable bonds is 9. The second kappa shape index (κ2) is 10.5. The lowest BCUT2D eigenvalue weighted by molar-refractivity contribution is 0.0697. The van der Waals surface area contributed by atoms with Gasteiger partial charge in [-0.3, -0.25) is 0 Å². The minimum Gasteiger partial charge on any atom is -0.478 e. The van der Waals surface area contributed by atoms with Crippen LogP contribution in [0.5, 0.6) is 11.5 Å². The van der Waals surface area contributed by atoms with E-state index in [-0.39, 0.29) is 0 Å². The summed E-state index contributed by atoms with van der Waals surface area (Å²) < 4.78 is 6.26. The number of aromatic carboxylic acids is 1. The molecule has 4 aromatic carbocycles. The van der Waals surface area contributed by atoms with Gasteiger partial charge in [0.05, 0.1) is 5.56 Å². The van der Waals surface area contributed by atoms with Crippen molar-refractivity contribution >= 4 is 5.97 Å². The molecule has 32 heavy (non-hydrogen) atoms. The van der Waals surface area contributed by atoms with Gasteiger partial charge in [0, 0.05) is 5.56 Å². The minimum absolute atomic E-state index is 0.333. The first-order valence-corrected chi connectivity index (χ1v) is 10.9. The van der Waals surface area contributed by atoms with E-state index in [0.717, 1.165) is 48.3 Å². The molecule has 0 saturated heterocycles. The second-order valence-corrected chi connectivity index (χ2v) is 7.82. The topological polar surface area (TPSA) is 46.5 Å². The number of hydrogen-bond donors (Lipinski definition) is 1. The van der Waals surface area contributed by atoms with Crippen molar-refractivity contribution in [2.45, 2.75) is 25.7 Å². The fourth-order valence-electron chi connectivity index (χ4n) is 3.78. The van der Waals surface area contributed by atoms with Gasteiger partial charge >= 0.3 is 5.97 Å². The zero-order chi connectivity index (χ0) is 22.2. The number of carbonyl (C=O) groups is 1. The molecule has 4 rings (SSSR count). The van der Waals surface area contributed by atoms with Crippen LogP contribution in [0.2, 0.25) is 0 Å². The van der Waals surface area contributed by atoms with Gasteiger partial charge in [0.1, 0.15) is 11.5 Å². The number of carboxylic acids is 1. The van der Waals surface area contributed by atoms with Gasteiger partial charge in [0.25, 0.3) is 0 Å². The molecule has 0 heterocycles. The Morgan fingerprint density at radius 2 is 1.38 bits per heavy atom. The van der Waals surface area contributed by atoms with Crippen molar-refractivity contribution in [3.05, 3.63) is 120 Å². The van der Waals surface area contributed by atoms with Crippen LogP contribution in [0.25, 0.3) is 11.1 Å². The highest BCUT2D eigenvalue weighted by atomic mass is 16.5. The summed E-state index contributed by atoms with van der Waals surface area (Å²) in [4.78, 5) is 11.0. The van der Waals surface area contributed by atoms with Gasteiger partial charge in [0.15, 0.2) is 0 Å². The van der Waals surface area contributed by atoms with Crippen molar-refractivity contribution in [3.8, 4) is 22.6 Å². The Hall–Kier alpha value is -3.85. The summed E-state index contributed by atoms with van der Waals surface area (Å²) in [7, 11) is 0. The van der Waals surface area contributed by atoms with Crippen LogP contribution in [-0.4, -0.2) is 11.1 Å². The standard InChI is InChI=1S/C29H26O3/c30-29(31)25-19-17-22(18-20-25)9-4-5-10-23-11-8-14-26(21-23)32-28-16-7-6-15-27(28)24-12-2-1-3-13-24/h1-3,6-8,11-21H,4-5,9-10H2,(H,30,31). The summed E-state index contributed by atoms with van der Waals surface area (Å²) >= 11 is 0. The molecule has 0 bridgehead atoms. The third kappa shape index (κ3) is 5.64. The van der Waals surface area contributed by atoms with E-state index in [1.54, 1.807) is 12.1 Å². The van der Waals surface area contributed by atoms with Crippen molar-refractivity contribution < 1.29 is 14.6 Å². The van der Waals surface area contributed by atoms with Crippen LogP contribution in [0.4, 0.5) is 0 Å². The SMILES string of the molecule is O=C(O)c1ccc(CCCCc2cccc(Oc3ccccc3-c3ccccc3)c2)cc1. The first-order valence-electron chi connectivity index (χ1n) is 10.9. The number of aryl methyl sites for hydroxylation is 2. The molecule has 0 saturated carbocycles. The van der Waals surface area contributed by atoms with Gasteiger partial charge in [-0.1, -0.05) is 72.8 Å². The number of unbranched alkanes of at least 4 members (excludes halogenated alkanes) is 1. The largest absolute Gasteiger partial charge is 0.478 e. The highest BCUT2D eigenvalue weighted by molar-refractivity contribution is 5.87. The number of carboxylic acid groups (broad SMARTS) is 1. The Labute approximate surface area is 188 Å². The summed E-state index contributed by atoms with van der Waals surface area (Å²) in [6.07, 6.45) is 4.03. The molecule has 0 amide bonds. The Morgan fingerprint density at radius 3 is 2.12 bits per heavy atom. The molecule has 4 aromatic rings. The Morgan fingerprint density at radius 1 is 0.688 bits per heavy atom. The number of ether oxygens (including phenoxy) is 1. The van der Waals surface area contributed by atoms with Crippen LogP contribution >= 0.6 is 0 Å².